The number of carbonyl (C=O) groups excluding carboxylic acids is 1. The van der Waals surface area contributed by atoms with Crippen LogP contribution in [0.25, 0.3) is 0 Å². The van der Waals surface area contributed by atoms with Gasteiger partial charge in [0.25, 0.3) is 0 Å². The summed E-state index contributed by atoms with van der Waals surface area (Å²) in [4.78, 5) is 22.6. The van der Waals surface area contributed by atoms with Gasteiger partial charge in [0.2, 0.25) is 5.91 Å². The largest absolute Gasteiger partial charge is 0.469 e. The average molecular weight is 477 g/mol. The van der Waals surface area contributed by atoms with Crippen LogP contribution in [0.2, 0.25) is 0 Å². The fraction of sp³-hybridized carbons (Fsp3) is 0.607. The molecule has 1 saturated heterocycles. The van der Waals surface area contributed by atoms with Crippen molar-refractivity contribution in [2.75, 3.05) is 24.5 Å². The van der Waals surface area contributed by atoms with E-state index in [9.17, 15) is 10.1 Å². The molecule has 0 bridgehead atoms. The fourth-order valence-electron chi connectivity index (χ4n) is 5.53. The van der Waals surface area contributed by atoms with Crippen molar-refractivity contribution in [2.24, 2.45) is 5.92 Å². The molecule has 0 radical (unpaired) electrons. The molecule has 2 aliphatic heterocycles. The summed E-state index contributed by atoms with van der Waals surface area (Å²) in [7, 11) is 0. The number of aryl methyl sites for hydroxylation is 1. The lowest BCUT2D eigenvalue weighted by Crippen LogP contribution is -2.57. The Bertz CT molecular complexity index is 1130. The molecule has 3 aliphatic rings. The molecule has 186 valence electrons. The molecule has 1 atom stereocenters. The quantitative estimate of drug-likeness (QED) is 0.607. The second-order valence-electron chi connectivity index (χ2n) is 11.2. The van der Waals surface area contributed by atoms with Crippen molar-refractivity contribution in [1.29, 1.82) is 5.26 Å². The smallest absolute Gasteiger partial charge is 0.223 e. The van der Waals surface area contributed by atoms with Crippen LogP contribution in [0.15, 0.2) is 22.8 Å². The molecule has 1 unspecified atom stereocenters. The number of fused-ring (bicyclic) bond motifs is 1. The Morgan fingerprint density at radius 1 is 1.29 bits per heavy atom. The van der Waals surface area contributed by atoms with Crippen LogP contribution in [0.1, 0.15) is 81.0 Å². The Kier molecular flexibility index (Phi) is 6.35. The number of hydrogen-bond acceptors (Lipinski definition) is 6. The monoisotopic (exact) mass is 476 g/mol. The maximum Gasteiger partial charge on any atom is 0.223 e. The van der Waals surface area contributed by atoms with E-state index in [2.05, 4.69) is 38.7 Å². The normalized spacial score (nSPS) is 21.7. The maximum atomic E-state index is 13.2. The molecule has 4 heterocycles. The number of nitrogens with zero attached hydrogens (tertiary/aromatic N) is 4. The van der Waals surface area contributed by atoms with Gasteiger partial charge in [-0.1, -0.05) is 13.8 Å². The molecule has 7 nitrogen and oxygen atoms in total. The van der Waals surface area contributed by atoms with Crippen molar-refractivity contribution in [3.63, 3.8) is 0 Å². The number of rotatable bonds is 6. The summed E-state index contributed by atoms with van der Waals surface area (Å²) in [5.74, 6) is 2.58. The number of carbonyl (C=O) groups is 1. The number of amides is 1. The van der Waals surface area contributed by atoms with Crippen LogP contribution < -0.4 is 4.90 Å². The Morgan fingerprint density at radius 2 is 2.09 bits per heavy atom. The third-order valence-electron chi connectivity index (χ3n) is 7.68. The van der Waals surface area contributed by atoms with Gasteiger partial charge < -0.3 is 19.0 Å². The van der Waals surface area contributed by atoms with Crippen molar-refractivity contribution < 1.29 is 13.9 Å². The second-order valence-corrected chi connectivity index (χ2v) is 11.2. The van der Waals surface area contributed by atoms with Crippen molar-refractivity contribution >= 4 is 11.7 Å². The molecule has 1 aliphatic carbocycles. The zero-order chi connectivity index (χ0) is 24.7. The van der Waals surface area contributed by atoms with Crippen LogP contribution in [0.3, 0.4) is 0 Å². The first-order valence-electron chi connectivity index (χ1n) is 12.9. The summed E-state index contributed by atoms with van der Waals surface area (Å²) in [5, 5.41) is 10.3. The lowest BCUT2D eigenvalue weighted by Gasteiger charge is -2.44. The van der Waals surface area contributed by atoms with E-state index in [1.807, 2.05) is 17.0 Å². The summed E-state index contributed by atoms with van der Waals surface area (Å²) >= 11 is 0. The molecule has 0 spiro atoms. The van der Waals surface area contributed by atoms with Crippen LogP contribution in [0.4, 0.5) is 5.82 Å². The first-order chi connectivity index (χ1) is 16.8. The highest BCUT2D eigenvalue weighted by Crippen LogP contribution is 2.46. The van der Waals surface area contributed by atoms with Crippen LogP contribution in [0.5, 0.6) is 0 Å². The third-order valence-corrected chi connectivity index (χ3v) is 7.68. The van der Waals surface area contributed by atoms with E-state index in [0.717, 1.165) is 47.7 Å². The van der Waals surface area contributed by atoms with E-state index >= 15 is 0 Å². The molecule has 1 amide bonds. The molecule has 7 heteroatoms. The van der Waals surface area contributed by atoms with Gasteiger partial charge in [-0.15, -0.1) is 0 Å². The van der Waals surface area contributed by atoms with E-state index in [1.54, 1.807) is 6.26 Å². The molecule has 2 aromatic heterocycles. The van der Waals surface area contributed by atoms with Crippen LogP contribution in [-0.4, -0.2) is 47.1 Å². The average Bonchev–Trinajstić information content (AvgIpc) is 3.55. The molecule has 2 aromatic rings. The van der Waals surface area contributed by atoms with Gasteiger partial charge >= 0.3 is 0 Å². The molecular formula is C28H36N4O3. The van der Waals surface area contributed by atoms with Gasteiger partial charge in [0.15, 0.2) is 0 Å². The number of anilines is 1. The zero-order valence-corrected chi connectivity index (χ0v) is 21.3. The Labute approximate surface area is 208 Å². The molecule has 0 N–H and O–H groups in total. The highest BCUT2D eigenvalue weighted by Gasteiger charge is 2.39. The molecule has 35 heavy (non-hydrogen) atoms. The van der Waals surface area contributed by atoms with Crippen LogP contribution in [-0.2, 0) is 29.0 Å². The Morgan fingerprint density at radius 3 is 2.74 bits per heavy atom. The molecule has 2 fully saturated rings. The first-order valence-corrected chi connectivity index (χ1v) is 12.9. The minimum absolute atomic E-state index is 0.0707. The van der Waals surface area contributed by atoms with Crippen molar-refractivity contribution in [1.82, 2.24) is 9.88 Å². The van der Waals surface area contributed by atoms with Gasteiger partial charge in [0, 0.05) is 50.4 Å². The van der Waals surface area contributed by atoms with E-state index in [1.165, 1.54) is 0 Å². The minimum atomic E-state index is -0.294. The third kappa shape index (κ3) is 4.81. The highest BCUT2D eigenvalue weighted by atomic mass is 16.5. The summed E-state index contributed by atoms with van der Waals surface area (Å²) in [6, 6.07) is 6.35. The Hall–Kier alpha value is -2.85. The summed E-state index contributed by atoms with van der Waals surface area (Å²) < 4.78 is 11.5. The van der Waals surface area contributed by atoms with Crippen molar-refractivity contribution in [3.05, 3.63) is 46.5 Å². The summed E-state index contributed by atoms with van der Waals surface area (Å²) in [6.45, 7) is 11.1. The number of piperazine rings is 1. The molecular weight excluding hydrogens is 440 g/mol. The van der Waals surface area contributed by atoms with Gasteiger partial charge in [-0.2, -0.15) is 5.26 Å². The summed E-state index contributed by atoms with van der Waals surface area (Å²) in [5.41, 5.74) is 3.79. The predicted molar refractivity (Wildman–Crippen MR) is 133 cm³/mol. The SMILES string of the molecule is CC(C)C1CN(c2nc(C3CC3)c3c(c2C#N)CC(C)(C)OC3)CCN1C(=O)CCc1ccco1. The van der Waals surface area contributed by atoms with E-state index in [-0.39, 0.29) is 17.6 Å². The second kappa shape index (κ2) is 9.31. The first kappa shape index (κ1) is 23.9. The Balaban J connectivity index is 1.42. The topological polar surface area (TPSA) is 82.6 Å². The number of pyridine rings is 1. The highest BCUT2D eigenvalue weighted by molar-refractivity contribution is 5.77. The standard InChI is InChI=1S/C28H36N4O3/c1-18(2)24-16-31(11-12-32(24)25(33)10-9-20-6-5-13-34-20)27-22(15-29)21-14-28(3,4)35-17-23(21)26(30-27)19-7-8-19/h5-6,13,18-19,24H,7-12,14,16-17H2,1-4H3. The van der Waals surface area contributed by atoms with Gasteiger partial charge in [0.05, 0.1) is 35.8 Å². The van der Waals surface area contributed by atoms with Gasteiger partial charge in [-0.25, -0.2) is 4.98 Å². The van der Waals surface area contributed by atoms with E-state index in [0.29, 0.717) is 56.5 Å². The number of aromatic nitrogens is 1. The van der Waals surface area contributed by atoms with E-state index < -0.39 is 0 Å². The fourth-order valence-corrected chi connectivity index (χ4v) is 5.53. The maximum absolute atomic E-state index is 13.2. The number of ether oxygens (including phenoxy) is 1. The lowest BCUT2D eigenvalue weighted by atomic mass is 9.87. The van der Waals surface area contributed by atoms with Crippen molar-refractivity contribution in [2.45, 2.75) is 84.0 Å². The molecule has 1 saturated carbocycles. The summed E-state index contributed by atoms with van der Waals surface area (Å²) in [6.07, 6.45) is 5.74. The lowest BCUT2D eigenvalue weighted by molar-refractivity contribution is -0.135. The van der Waals surface area contributed by atoms with Crippen LogP contribution in [0, 0.1) is 17.2 Å². The minimum Gasteiger partial charge on any atom is -0.469 e. The van der Waals surface area contributed by atoms with Gasteiger partial charge in [-0.3, -0.25) is 4.79 Å². The number of nitriles is 1. The number of hydrogen-bond donors (Lipinski definition) is 0. The molecule has 5 rings (SSSR count). The van der Waals surface area contributed by atoms with Gasteiger partial charge in [0.1, 0.15) is 17.6 Å². The predicted octanol–water partition coefficient (Wildman–Crippen LogP) is 4.58. The van der Waals surface area contributed by atoms with Crippen molar-refractivity contribution in [3.8, 4) is 6.07 Å². The van der Waals surface area contributed by atoms with Crippen LogP contribution >= 0.6 is 0 Å². The number of furan rings is 1. The molecule has 0 aromatic carbocycles. The van der Waals surface area contributed by atoms with E-state index in [4.69, 9.17) is 14.1 Å². The zero-order valence-electron chi connectivity index (χ0n) is 21.3. The van der Waals surface area contributed by atoms with Gasteiger partial charge in [-0.05, 0) is 50.3 Å².